The Kier molecular flexibility index (Phi) is 8.46. The Balaban J connectivity index is 1.45. The number of hydrogen-bond acceptors (Lipinski definition) is 5. The molecule has 1 unspecified atom stereocenters. The van der Waals surface area contributed by atoms with Gasteiger partial charge in [-0.25, -0.2) is 0 Å². The Morgan fingerprint density at radius 1 is 1.08 bits per heavy atom. The van der Waals surface area contributed by atoms with Crippen molar-refractivity contribution in [3.63, 3.8) is 0 Å². The second-order valence-corrected chi connectivity index (χ2v) is 13.2. The van der Waals surface area contributed by atoms with Gasteiger partial charge in [-0.1, -0.05) is 38.3 Å². The van der Waals surface area contributed by atoms with E-state index in [0.717, 1.165) is 62.7 Å². The van der Waals surface area contributed by atoms with E-state index in [4.69, 9.17) is 14.2 Å². The van der Waals surface area contributed by atoms with Crippen molar-refractivity contribution < 1.29 is 24.4 Å². The maximum absolute atomic E-state index is 10.8. The predicted octanol–water partition coefficient (Wildman–Crippen LogP) is 6.80. The molecule has 2 aliphatic carbocycles. The van der Waals surface area contributed by atoms with Gasteiger partial charge in [0.1, 0.15) is 5.75 Å². The van der Waals surface area contributed by atoms with Crippen LogP contribution in [0.1, 0.15) is 111 Å². The molecule has 1 aliphatic heterocycles. The fourth-order valence-corrected chi connectivity index (χ4v) is 7.69. The monoisotopic (exact) mass is 502 g/mol. The summed E-state index contributed by atoms with van der Waals surface area (Å²) in [5, 5.41) is 21.1. The first kappa shape index (κ1) is 27.9. The number of benzene rings is 1. The van der Waals surface area contributed by atoms with Crippen LogP contribution in [-0.4, -0.2) is 40.7 Å². The third-order valence-electron chi connectivity index (χ3n) is 9.76. The zero-order valence-electron chi connectivity index (χ0n) is 23.5. The summed E-state index contributed by atoms with van der Waals surface area (Å²) in [5.41, 5.74) is 0.274. The van der Waals surface area contributed by atoms with Gasteiger partial charge in [-0.2, -0.15) is 0 Å². The largest absolute Gasteiger partial charge is 0.497 e. The van der Waals surface area contributed by atoms with E-state index in [-0.39, 0.29) is 29.5 Å². The zero-order chi connectivity index (χ0) is 26.1. The van der Waals surface area contributed by atoms with Gasteiger partial charge in [0, 0.05) is 5.56 Å². The van der Waals surface area contributed by atoms with Gasteiger partial charge in [0.15, 0.2) is 6.29 Å². The highest BCUT2D eigenvalue weighted by Gasteiger charge is 2.53. The Hall–Kier alpha value is -1.14. The smallest absolute Gasteiger partial charge is 0.185 e. The highest BCUT2D eigenvalue weighted by atomic mass is 16.7. The van der Waals surface area contributed by atoms with Crippen LogP contribution in [0.3, 0.4) is 0 Å². The first-order valence-electron chi connectivity index (χ1n) is 14.3. The van der Waals surface area contributed by atoms with Crippen LogP contribution in [0, 0.1) is 23.2 Å². The maximum atomic E-state index is 10.8. The van der Waals surface area contributed by atoms with E-state index in [9.17, 15) is 10.2 Å². The van der Waals surface area contributed by atoms with Gasteiger partial charge < -0.3 is 24.4 Å². The number of methoxy groups -OCH3 is 1. The lowest BCUT2D eigenvalue weighted by molar-refractivity contribution is -0.0842. The molecule has 5 heteroatoms. The van der Waals surface area contributed by atoms with Gasteiger partial charge in [-0.05, 0) is 108 Å². The summed E-state index contributed by atoms with van der Waals surface area (Å²) >= 11 is 0. The molecule has 7 atom stereocenters. The molecule has 0 spiro atoms. The molecule has 2 saturated carbocycles. The summed E-state index contributed by atoms with van der Waals surface area (Å²) in [6.45, 7) is 10.6. The van der Waals surface area contributed by atoms with Crippen LogP contribution in [0.25, 0.3) is 0 Å². The van der Waals surface area contributed by atoms with Gasteiger partial charge in [0.2, 0.25) is 0 Å². The van der Waals surface area contributed by atoms with E-state index in [0.29, 0.717) is 17.8 Å². The zero-order valence-corrected chi connectivity index (χ0v) is 23.5. The lowest BCUT2D eigenvalue weighted by Crippen LogP contribution is -2.42. The molecule has 3 fully saturated rings. The van der Waals surface area contributed by atoms with Crippen molar-refractivity contribution in [1.29, 1.82) is 0 Å². The second kappa shape index (κ2) is 10.9. The molecule has 36 heavy (non-hydrogen) atoms. The van der Waals surface area contributed by atoms with Crippen molar-refractivity contribution in [3.8, 4) is 5.75 Å². The minimum absolute atomic E-state index is 0.0309. The fourth-order valence-electron chi connectivity index (χ4n) is 7.69. The number of ether oxygens (including phenoxy) is 3. The average Bonchev–Trinajstić information content (AvgIpc) is 3.32. The molecular weight excluding hydrogens is 452 g/mol. The first-order chi connectivity index (χ1) is 16.9. The third kappa shape index (κ3) is 6.11. The molecule has 1 heterocycles. The number of rotatable bonds is 10. The molecule has 1 saturated heterocycles. The van der Waals surface area contributed by atoms with Crippen molar-refractivity contribution in [2.24, 2.45) is 23.2 Å². The molecule has 0 amide bonds. The second-order valence-electron chi connectivity index (χ2n) is 13.2. The molecule has 2 N–H and O–H groups in total. The summed E-state index contributed by atoms with van der Waals surface area (Å²) in [6.07, 6.45) is 10.3. The molecule has 1 aromatic carbocycles. The lowest BCUT2D eigenvalue weighted by atomic mass is 9.60. The van der Waals surface area contributed by atoms with Crippen LogP contribution < -0.4 is 4.74 Å². The van der Waals surface area contributed by atoms with Crippen molar-refractivity contribution >= 4 is 0 Å². The molecule has 0 bridgehead atoms. The highest BCUT2D eigenvalue weighted by Crippen LogP contribution is 2.59. The van der Waals surface area contributed by atoms with E-state index < -0.39 is 5.60 Å². The van der Waals surface area contributed by atoms with Crippen LogP contribution >= 0.6 is 0 Å². The molecule has 4 rings (SSSR count). The molecule has 0 aromatic heterocycles. The summed E-state index contributed by atoms with van der Waals surface area (Å²) in [7, 11) is 1.68. The lowest BCUT2D eigenvalue weighted by Gasteiger charge is -2.46. The Morgan fingerprint density at radius 2 is 1.81 bits per heavy atom. The summed E-state index contributed by atoms with van der Waals surface area (Å²) in [5.74, 6) is 2.47. The number of hydrogen-bond donors (Lipinski definition) is 2. The topological polar surface area (TPSA) is 68.2 Å². The SMILES string of the molecule is COc1ccc(C2O[C@H](CC[C@H](CCCC(C)(C)O)[C@H]3CC[C@H]4[C@@H](O)CCC[C@]34C)C(C)(C)O2)cc1. The summed E-state index contributed by atoms with van der Waals surface area (Å²) < 4.78 is 18.2. The number of aliphatic hydroxyl groups excluding tert-OH is 1. The van der Waals surface area contributed by atoms with Crippen molar-refractivity contribution in [2.75, 3.05) is 7.11 Å². The van der Waals surface area contributed by atoms with Crippen LogP contribution in [0.15, 0.2) is 24.3 Å². The third-order valence-corrected chi connectivity index (χ3v) is 9.76. The molecular formula is C31H50O5. The van der Waals surface area contributed by atoms with Gasteiger partial charge in [0.25, 0.3) is 0 Å². The Labute approximate surface area is 218 Å². The van der Waals surface area contributed by atoms with Gasteiger partial charge in [-0.15, -0.1) is 0 Å². The predicted molar refractivity (Wildman–Crippen MR) is 143 cm³/mol. The van der Waals surface area contributed by atoms with Crippen molar-refractivity contribution in [1.82, 2.24) is 0 Å². The van der Waals surface area contributed by atoms with E-state index in [1.54, 1.807) is 7.11 Å². The standard InChI is InChI=1S/C31H50O5/c1-29(2,33)19-7-9-21(24-16-17-25-26(32)10-8-20-31(24,25)5)13-18-27-30(3,4)36-28(35-27)22-11-14-23(34-6)15-12-22/h11-12,14-15,21,24-28,32-33H,7-10,13,16-20H2,1-6H3/t21-,24+,25-,26-,27+,28?,31+/m0/s1. The van der Waals surface area contributed by atoms with E-state index in [2.05, 4.69) is 20.8 Å². The van der Waals surface area contributed by atoms with E-state index >= 15 is 0 Å². The van der Waals surface area contributed by atoms with Crippen molar-refractivity contribution in [2.45, 2.75) is 129 Å². The normalized spacial score (nSPS) is 34.9. The van der Waals surface area contributed by atoms with Crippen LogP contribution in [0.5, 0.6) is 5.75 Å². The Bertz CT molecular complexity index is 844. The maximum Gasteiger partial charge on any atom is 0.185 e. The van der Waals surface area contributed by atoms with Crippen molar-refractivity contribution in [3.05, 3.63) is 29.8 Å². The number of aliphatic hydroxyl groups is 2. The Morgan fingerprint density at radius 3 is 2.47 bits per heavy atom. The summed E-state index contributed by atoms with van der Waals surface area (Å²) in [6, 6.07) is 7.96. The molecule has 0 radical (unpaired) electrons. The van der Waals surface area contributed by atoms with Gasteiger partial charge in [-0.3, -0.25) is 0 Å². The number of fused-ring (bicyclic) bond motifs is 1. The highest BCUT2D eigenvalue weighted by molar-refractivity contribution is 5.28. The summed E-state index contributed by atoms with van der Waals surface area (Å²) in [4.78, 5) is 0. The van der Waals surface area contributed by atoms with Crippen LogP contribution in [-0.2, 0) is 9.47 Å². The molecule has 3 aliphatic rings. The van der Waals surface area contributed by atoms with Gasteiger partial charge in [0.05, 0.1) is 30.5 Å². The van der Waals surface area contributed by atoms with Crippen LogP contribution in [0.4, 0.5) is 0 Å². The molecule has 1 aromatic rings. The van der Waals surface area contributed by atoms with Gasteiger partial charge >= 0.3 is 0 Å². The first-order valence-corrected chi connectivity index (χ1v) is 14.3. The van der Waals surface area contributed by atoms with E-state index in [1.807, 2.05) is 38.1 Å². The minimum atomic E-state index is -0.621. The fraction of sp³-hybridized carbons (Fsp3) is 0.806. The molecule has 5 nitrogen and oxygen atoms in total. The van der Waals surface area contributed by atoms with Crippen LogP contribution in [0.2, 0.25) is 0 Å². The average molecular weight is 503 g/mol. The molecule has 204 valence electrons. The van der Waals surface area contributed by atoms with E-state index in [1.165, 1.54) is 12.8 Å². The minimum Gasteiger partial charge on any atom is -0.497 e. The quantitative estimate of drug-likeness (QED) is 0.368.